The molecule has 0 saturated carbocycles. The third-order valence-electron chi connectivity index (χ3n) is 2.86. The molecule has 92 valence electrons. The van der Waals surface area contributed by atoms with Gasteiger partial charge in [0.2, 0.25) is 0 Å². The van der Waals surface area contributed by atoms with E-state index in [1.165, 1.54) is 6.07 Å². The molecule has 20 heavy (non-hydrogen) atoms. The molecule has 0 aliphatic carbocycles. The second-order valence-corrected chi connectivity index (χ2v) is 4.07. The van der Waals surface area contributed by atoms with Crippen LogP contribution in [0.25, 0.3) is 22.3 Å². The number of aromatic nitrogens is 2. The molecule has 0 spiro atoms. The van der Waals surface area contributed by atoms with Gasteiger partial charge in [-0.05, 0) is 24.3 Å². The Bertz CT molecular complexity index is 760. The topological polar surface area (TPSA) is 65.9 Å². The van der Waals surface area contributed by atoms with Crippen LogP contribution in [0.4, 0.5) is 0 Å². The maximum Gasteiger partial charge on any atom is 1.00 e. The van der Waals surface area contributed by atoms with Crippen molar-refractivity contribution in [1.82, 2.24) is 9.97 Å². The van der Waals surface area contributed by atoms with Crippen LogP contribution in [0.15, 0.2) is 54.7 Å². The van der Waals surface area contributed by atoms with Gasteiger partial charge in [0.05, 0.1) is 22.9 Å². The molecule has 0 atom stereocenters. The van der Waals surface area contributed by atoms with Gasteiger partial charge in [0.15, 0.2) is 0 Å². The first-order valence-corrected chi connectivity index (χ1v) is 5.78. The van der Waals surface area contributed by atoms with Gasteiger partial charge in [0.1, 0.15) is 0 Å². The summed E-state index contributed by atoms with van der Waals surface area (Å²) in [6.45, 7) is 0. The number of nitrogens with zero attached hydrogens (tertiary/aromatic N) is 2. The predicted molar refractivity (Wildman–Crippen MR) is 69.3 cm³/mol. The smallest absolute Gasteiger partial charge is 0.545 e. The number of para-hydroxylation sites is 1. The summed E-state index contributed by atoms with van der Waals surface area (Å²) in [6, 6.07) is 14.0. The molecular formula is C15H9N2NaO2. The first-order chi connectivity index (χ1) is 9.25. The Balaban J connectivity index is 0.00000147. The van der Waals surface area contributed by atoms with Gasteiger partial charge in [0, 0.05) is 17.1 Å². The van der Waals surface area contributed by atoms with Crippen molar-refractivity contribution >= 4 is 16.9 Å². The Hall–Kier alpha value is -1.75. The van der Waals surface area contributed by atoms with Crippen molar-refractivity contribution in [3.63, 3.8) is 0 Å². The third-order valence-corrected chi connectivity index (χ3v) is 2.86. The van der Waals surface area contributed by atoms with Crippen molar-refractivity contribution in [3.05, 3.63) is 60.3 Å². The van der Waals surface area contributed by atoms with Gasteiger partial charge in [0.25, 0.3) is 0 Å². The van der Waals surface area contributed by atoms with Gasteiger partial charge in [-0.25, -0.2) is 4.98 Å². The number of carbonyl (C=O) groups is 1. The molecule has 5 heteroatoms. The minimum absolute atomic E-state index is 0. The molecule has 0 fully saturated rings. The molecule has 0 bridgehead atoms. The van der Waals surface area contributed by atoms with E-state index in [0.717, 1.165) is 0 Å². The largest absolute Gasteiger partial charge is 1.00 e. The zero-order valence-electron chi connectivity index (χ0n) is 10.9. The summed E-state index contributed by atoms with van der Waals surface area (Å²) in [4.78, 5) is 19.9. The number of carboxylic acid groups (broad SMARTS) is 1. The van der Waals surface area contributed by atoms with E-state index in [1.54, 1.807) is 36.5 Å². The molecule has 2 aromatic heterocycles. The summed E-state index contributed by atoms with van der Waals surface area (Å²) < 4.78 is 0. The van der Waals surface area contributed by atoms with E-state index in [1.807, 2.05) is 12.1 Å². The van der Waals surface area contributed by atoms with Crippen LogP contribution >= 0.6 is 0 Å². The van der Waals surface area contributed by atoms with E-state index in [-0.39, 0.29) is 35.1 Å². The van der Waals surface area contributed by atoms with Gasteiger partial charge in [-0.2, -0.15) is 0 Å². The van der Waals surface area contributed by atoms with Crippen molar-refractivity contribution in [2.75, 3.05) is 0 Å². The van der Waals surface area contributed by atoms with Gasteiger partial charge in [-0.1, -0.05) is 24.3 Å². The summed E-state index contributed by atoms with van der Waals surface area (Å²) >= 11 is 0. The van der Waals surface area contributed by atoms with Crippen LogP contribution in [-0.4, -0.2) is 15.9 Å². The second kappa shape index (κ2) is 6.13. The standard InChI is InChI=1S/C15H10N2O2.Na/c18-15(19)11-9-14(13-7-3-4-8-16-13)17-12-6-2-1-5-10(11)12;/h1-9H,(H,18,19);/q;+1/p-1. The van der Waals surface area contributed by atoms with Crippen LogP contribution in [-0.2, 0) is 0 Å². The molecule has 0 aliphatic rings. The number of rotatable bonds is 2. The van der Waals surface area contributed by atoms with Crippen molar-refractivity contribution in [2.45, 2.75) is 0 Å². The number of carboxylic acids is 1. The first kappa shape index (κ1) is 14.7. The maximum absolute atomic E-state index is 11.2. The number of carbonyl (C=O) groups excluding carboxylic acids is 1. The Kier molecular flexibility index (Phi) is 4.49. The Morgan fingerprint density at radius 1 is 1.00 bits per heavy atom. The van der Waals surface area contributed by atoms with E-state index in [0.29, 0.717) is 22.3 Å². The minimum atomic E-state index is -1.21. The fourth-order valence-electron chi connectivity index (χ4n) is 1.99. The van der Waals surface area contributed by atoms with Crippen LogP contribution in [0, 0.1) is 0 Å². The molecule has 3 aromatic rings. The normalized spacial score (nSPS) is 10.0. The number of fused-ring (bicyclic) bond motifs is 1. The van der Waals surface area contributed by atoms with Gasteiger partial charge in [-0.15, -0.1) is 0 Å². The van der Waals surface area contributed by atoms with Gasteiger partial charge >= 0.3 is 29.6 Å². The second-order valence-electron chi connectivity index (χ2n) is 4.07. The quantitative estimate of drug-likeness (QED) is 0.542. The molecule has 0 amide bonds. The molecule has 2 heterocycles. The predicted octanol–water partition coefficient (Wildman–Crippen LogP) is -1.34. The summed E-state index contributed by atoms with van der Waals surface area (Å²) in [5.41, 5.74) is 1.91. The number of benzene rings is 1. The summed E-state index contributed by atoms with van der Waals surface area (Å²) in [5, 5.41) is 11.8. The number of aromatic carboxylic acids is 1. The SMILES string of the molecule is O=C([O-])c1cc(-c2ccccn2)nc2ccccc12.[Na+]. The molecule has 0 radical (unpaired) electrons. The Morgan fingerprint density at radius 2 is 1.75 bits per heavy atom. The third kappa shape index (κ3) is 2.72. The average molecular weight is 272 g/mol. The molecule has 0 unspecified atom stereocenters. The molecule has 0 aliphatic heterocycles. The number of hydrogen-bond acceptors (Lipinski definition) is 4. The van der Waals surface area contributed by atoms with Crippen molar-refractivity contribution in [2.24, 2.45) is 0 Å². The van der Waals surface area contributed by atoms with Crippen LogP contribution < -0.4 is 34.7 Å². The van der Waals surface area contributed by atoms with Crippen molar-refractivity contribution in [1.29, 1.82) is 0 Å². The van der Waals surface area contributed by atoms with Crippen LogP contribution in [0.2, 0.25) is 0 Å². The zero-order valence-corrected chi connectivity index (χ0v) is 12.9. The maximum atomic E-state index is 11.2. The number of pyridine rings is 2. The van der Waals surface area contributed by atoms with E-state index in [4.69, 9.17) is 0 Å². The zero-order chi connectivity index (χ0) is 13.2. The fourth-order valence-corrected chi connectivity index (χ4v) is 1.99. The van der Waals surface area contributed by atoms with Crippen molar-refractivity contribution in [3.8, 4) is 11.4 Å². The molecule has 4 nitrogen and oxygen atoms in total. The molecule has 3 rings (SSSR count). The van der Waals surface area contributed by atoms with Gasteiger partial charge < -0.3 is 9.90 Å². The summed E-state index contributed by atoms with van der Waals surface area (Å²) in [7, 11) is 0. The first-order valence-electron chi connectivity index (χ1n) is 5.78. The number of hydrogen-bond donors (Lipinski definition) is 0. The van der Waals surface area contributed by atoms with Crippen LogP contribution in [0.1, 0.15) is 10.4 Å². The minimum Gasteiger partial charge on any atom is -0.545 e. The monoisotopic (exact) mass is 272 g/mol. The fraction of sp³-hybridized carbons (Fsp3) is 0. The summed E-state index contributed by atoms with van der Waals surface area (Å²) in [6.07, 6.45) is 1.64. The molecular weight excluding hydrogens is 263 g/mol. The Morgan fingerprint density at radius 3 is 2.45 bits per heavy atom. The van der Waals surface area contributed by atoms with Crippen LogP contribution in [0.5, 0.6) is 0 Å². The summed E-state index contributed by atoms with van der Waals surface area (Å²) in [5.74, 6) is -1.21. The molecule has 0 N–H and O–H groups in total. The average Bonchev–Trinajstić information content (AvgIpc) is 2.47. The molecule has 1 aromatic carbocycles. The van der Waals surface area contributed by atoms with E-state index >= 15 is 0 Å². The molecule has 0 saturated heterocycles. The van der Waals surface area contributed by atoms with E-state index in [2.05, 4.69) is 9.97 Å². The Labute approximate surface area is 137 Å². The van der Waals surface area contributed by atoms with Gasteiger partial charge in [-0.3, -0.25) is 4.98 Å². The van der Waals surface area contributed by atoms with Crippen LogP contribution in [0.3, 0.4) is 0 Å². The van der Waals surface area contributed by atoms with E-state index in [9.17, 15) is 9.90 Å². The van der Waals surface area contributed by atoms with E-state index < -0.39 is 5.97 Å². The van der Waals surface area contributed by atoms with Crippen molar-refractivity contribution < 1.29 is 39.5 Å².